The fourth-order valence-electron chi connectivity index (χ4n) is 9.01. The van der Waals surface area contributed by atoms with Crippen LogP contribution < -0.4 is 0 Å². The third-order valence-corrected chi connectivity index (χ3v) is 13.2. The molecule has 0 heterocycles. The Labute approximate surface area is 481 Å². The first-order chi connectivity index (χ1) is 40.0. The average Bonchev–Trinajstić information content (AvgIpc) is 0.739. The van der Waals surface area contributed by atoms with Crippen molar-refractivity contribution in [2.24, 2.45) is 0 Å². The summed E-state index contributed by atoms with van der Waals surface area (Å²) in [6, 6.07) is 29.5. The Morgan fingerprint density at radius 1 is 0.276 bits per heavy atom. The Morgan fingerprint density at radius 3 is 1.00 bits per heavy atom. The molecule has 466 valence electrons. The number of hydrogen-bond acceptors (Lipinski definition) is 0. The van der Waals surface area contributed by atoms with Crippen LogP contribution in [0.15, 0.2) is 182 Å². The summed E-state index contributed by atoms with van der Waals surface area (Å²) in [6.45, 7) is 3.43. The number of aryl methyl sites for hydroxylation is 4. The van der Waals surface area contributed by atoms with Crippen LogP contribution in [-0.2, 0) is 35.8 Å². The molecule has 0 bridgehead atoms. The molecule has 0 saturated carbocycles. The molecule has 8 aromatic carbocycles. The van der Waals surface area contributed by atoms with E-state index in [4.69, 9.17) is 0 Å². The largest absolute Gasteiger partial charge is 0.416 e. The van der Waals surface area contributed by atoms with Gasteiger partial charge in [-0.15, -0.1) is 0 Å². The predicted octanol–water partition coefficient (Wildman–Crippen LogP) is 22.0. The molecule has 0 N–H and O–H groups in total. The van der Waals surface area contributed by atoms with E-state index in [1.54, 1.807) is 13.0 Å². The minimum atomic E-state index is -5.84. The van der Waals surface area contributed by atoms with E-state index in [0.717, 1.165) is 103 Å². The Kier molecular flexibility index (Phi) is 21.3. The molecule has 8 aromatic rings. The van der Waals surface area contributed by atoms with Gasteiger partial charge in [0.05, 0.1) is 11.1 Å². The quantitative estimate of drug-likeness (QED) is 0.126. The van der Waals surface area contributed by atoms with Crippen molar-refractivity contribution in [3.05, 3.63) is 260 Å². The predicted molar refractivity (Wildman–Crippen MR) is 279 cm³/mol. The lowest BCUT2D eigenvalue weighted by atomic mass is 9.72. The molecule has 8 rings (SSSR count). The van der Waals surface area contributed by atoms with Crippen molar-refractivity contribution in [2.45, 2.75) is 88.2 Å². The van der Waals surface area contributed by atoms with Crippen molar-refractivity contribution >= 4 is 0 Å². The molecule has 0 nitrogen and oxygen atoms in total. The van der Waals surface area contributed by atoms with Gasteiger partial charge >= 0.3 is 43.0 Å². The standard InChI is InChI=1S/C32H22F12.C14H9F5.C9H9F3.C8H6F4/c1-19-3-11-23(12-4-19)27(29(33,34)35,30(36,37)38)25-15-7-21(8-16-25)22-9-17-26(18-10-22)28(31(39,40)41,32(42,43)44)24-13-5-20(2)6-14-24;15-8-9-4-11(6-12(5-9)14(17,18)19)10-2-1-3-13(16)7-10;1-7-3-2-4-8(5-7)9(11,12)6-10;1-5-2-6(8(10,11)12)4-7(9)3-5/h3-18H,1-2H3;1-7H,8H2;2-5H,6H2,1H3;2-4H,1H3. The summed E-state index contributed by atoms with van der Waals surface area (Å²) in [5.41, 5.74) is -13.4. The normalized spacial score (nSPS) is 12.7. The van der Waals surface area contributed by atoms with Crippen molar-refractivity contribution in [1.82, 2.24) is 0 Å². The summed E-state index contributed by atoms with van der Waals surface area (Å²) in [6.07, 6.45) is -32.4. The van der Waals surface area contributed by atoms with Gasteiger partial charge in [0, 0.05) is 5.56 Å². The van der Waals surface area contributed by atoms with Gasteiger partial charge in [-0.25, -0.2) is 17.6 Å². The van der Waals surface area contributed by atoms with Crippen LogP contribution in [0.3, 0.4) is 0 Å². The smallest absolute Gasteiger partial charge is 0.246 e. The maximum Gasteiger partial charge on any atom is 0.416 e. The van der Waals surface area contributed by atoms with Crippen LogP contribution in [0.2, 0.25) is 0 Å². The molecule has 24 heteroatoms. The van der Waals surface area contributed by atoms with Crippen molar-refractivity contribution in [1.29, 1.82) is 0 Å². The fraction of sp³-hybridized carbons (Fsp3) is 0.238. The van der Waals surface area contributed by atoms with Gasteiger partial charge in [-0.1, -0.05) is 150 Å². The molecule has 0 radical (unpaired) electrons. The van der Waals surface area contributed by atoms with Gasteiger partial charge in [0.15, 0.2) is 6.67 Å². The fourth-order valence-corrected chi connectivity index (χ4v) is 9.01. The molecule has 0 aromatic heterocycles. The highest BCUT2D eigenvalue weighted by molar-refractivity contribution is 5.67. The molecule has 0 aliphatic carbocycles. The highest BCUT2D eigenvalue weighted by Gasteiger charge is 2.73. The van der Waals surface area contributed by atoms with E-state index in [9.17, 15) is 105 Å². The van der Waals surface area contributed by atoms with Gasteiger partial charge in [0.1, 0.15) is 18.3 Å². The Balaban J connectivity index is 0.000000259. The molecular weight excluding hydrogens is 1210 g/mol. The molecule has 87 heavy (non-hydrogen) atoms. The summed E-state index contributed by atoms with van der Waals surface area (Å²) >= 11 is 0. The van der Waals surface area contributed by atoms with Gasteiger partial charge in [0.2, 0.25) is 10.8 Å². The van der Waals surface area contributed by atoms with Gasteiger partial charge in [-0.2, -0.15) is 87.8 Å². The van der Waals surface area contributed by atoms with E-state index in [0.29, 0.717) is 47.0 Å². The molecule has 0 amide bonds. The highest BCUT2D eigenvalue weighted by Crippen LogP contribution is 2.58. The molecule has 0 fully saturated rings. The van der Waals surface area contributed by atoms with Gasteiger partial charge in [-0.05, 0) is 132 Å². The van der Waals surface area contributed by atoms with E-state index >= 15 is 0 Å². The van der Waals surface area contributed by atoms with Crippen LogP contribution in [0.25, 0.3) is 22.3 Å². The number of rotatable bonds is 9. The Hall–Kier alpha value is -7.92. The molecular formula is C63H46F24. The zero-order chi connectivity index (χ0) is 65.5. The first-order valence-electron chi connectivity index (χ1n) is 25.0. The average molecular weight is 1260 g/mol. The molecule has 0 aliphatic heterocycles. The van der Waals surface area contributed by atoms with Gasteiger partial charge in [-0.3, -0.25) is 0 Å². The topological polar surface area (TPSA) is 0 Å². The molecule has 0 atom stereocenters. The second kappa shape index (κ2) is 26.6. The molecule has 0 unspecified atom stereocenters. The number of halogens is 24. The second-order valence-electron chi connectivity index (χ2n) is 19.7. The summed E-state index contributed by atoms with van der Waals surface area (Å²) in [4.78, 5) is 0. The first-order valence-corrected chi connectivity index (χ1v) is 25.0. The number of benzene rings is 8. The molecule has 0 saturated heterocycles. The monoisotopic (exact) mass is 1260 g/mol. The first kappa shape index (κ1) is 69.8. The van der Waals surface area contributed by atoms with E-state index < -0.39 is 112 Å². The third kappa shape index (κ3) is 16.2. The van der Waals surface area contributed by atoms with Crippen molar-refractivity contribution in [3.63, 3.8) is 0 Å². The highest BCUT2D eigenvalue weighted by atomic mass is 19.4. The minimum Gasteiger partial charge on any atom is -0.246 e. The zero-order valence-corrected chi connectivity index (χ0v) is 45.3. The van der Waals surface area contributed by atoms with Crippen LogP contribution >= 0.6 is 0 Å². The van der Waals surface area contributed by atoms with Gasteiger partial charge < -0.3 is 0 Å². The van der Waals surface area contributed by atoms with E-state index in [1.807, 2.05) is 0 Å². The maximum atomic E-state index is 14.4. The lowest BCUT2D eigenvalue weighted by Gasteiger charge is -2.38. The van der Waals surface area contributed by atoms with Crippen molar-refractivity contribution in [2.75, 3.05) is 6.67 Å². The summed E-state index contributed by atoms with van der Waals surface area (Å²) in [7, 11) is 0. The van der Waals surface area contributed by atoms with E-state index in [-0.39, 0.29) is 38.9 Å². The van der Waals surface area contributed by atoms with E-state index in [1.165, 1.54) is 63.2 Å². The molecule has 0 spiro atoms. The number of hydrogen-bond donors (Lipinski definition) is 0. The van der Waals surface area contributed by atoms with Crippen LogP contribution in [-0.4, -0.2) is 31.4 Å². The molecule has 0 aliphatic rings. The van der Waals surface area contributed by atoms with Crippen LogP contribution in [0.4, 0.5) is 105 Å². The van der Waals surface area contributed by atoms with Crippen molar-refractivity contribution in [3.8, 4) is 22.3 Å². The van der Waals surface area contributed by atoms with Crippen LogP contribution in [0.1, 0.15) is 66.8 Å². The lowest BCUT2D eigenvalue weighted by molar-refractivity contribution is -0.290. The van der Waals surface area contributed by atoms with E-state index in [2.05, 4.69) is 0 Å². The van der Waals surface area contributed by atoms with Crippen molar-refractivity contribution < 1.29 is 105 Å². The SMILES string of the molecule is Cc1cc(F)cc(C(F)(F)F)c1.Cc1ccc(C(c2ccc(-c3ccc(C(c4ccc(C)cc4)(C(F)(F)F)C(F)(F)F)cc3)cc2)(C(F)(F)F)C(F)(F)F)cc1.Cc1cccc(C(F)(F)CF)c1.FCc1cc(-c2cccc(F)c2)cc(C(F)(F)F)c1. The second-order valence-corrected chi connectivity index (χ2v) is 19.7. The zero-order valence-electron chi connectivity index (χ0n) is 45.3. The number of alkyl halides is 22. The Bertz CT molecular complexity index is 3360. The van der Waals surface area contributed by atoms with Gasteiger partial charge in [0.25, 0.3) is 0 Å². The minimum absolute atomic E-state index is 0.0394. The summed E-state index contributed by atoms with van der Waals surface area (Å²) < 4.78 is 322. The lowest BCUT2D eigenvalue weighted by Crippen LogP contribution is -2.54. The Morgan fingerprint density at radius 2 is 0.655 bits per heavy atom. The summed E-state index contributed by atoms with van der Waals surface area (Å²) in [5, 5.41) is 0. The summed E-state index contributed by atoms with van der Waals surface area (Å²) in [5.74, 6) is -4.76. The maximum absolute atomic E-state index is 14.4. The third-order valence-electron chi connectivity index (χ3n) is 13.2. The van der Waals surface area contributed by atoms with Crippen LogP contribution in [0, 0.1) is 39.3 Å². The van der Waals surface area contributed by atoms with Crippen LogP contribution in [0.5, 0.6) is 0 Å².